The number of amides is 2. The van der Waals surface area contributed by atoms with E-state index in [0.29, 0.717) is 51.7 Å². The van der Waals surface area contributed by atoms with Crippen LogP contribution >= 0.6 is 0 Å². The van der Waals surface area contributed by atoms with E-state index in [0.717, 1.165) is 13.0 Å². The van der Waals surface area contributed by atoms with Crippen molar-refractivity contribution in [3.63, 3.8) is 0 Å². The highest BCUT2D eigenvalue weighted by Gasteiger charge is 2.40. The molecular weight excluding hydrogens is 272 g/mol. The lowest BCUT2D eigenvalue weighted by Gasteiger charge is -2.38. The van der Waals surface area contributed by atoms with E-state index < -0.39 is 11.4 Å². The summed E-state index contributed by atoms with van der Waals surface area (Å²) < 4.78 is 0. The third kappa shape index (κ3) is 3.36. The van der Waals surface area contributed by atoms with Crippen LogP contribution in [0.5, 0.6) is 0 Å². The van der Waals surface area contributed by atoms with Gasteiger partial charge in [0.1, 0.15) is 0 Å². The number of carboxylic acids is 1. The lowest BCUT2D eigenvalue weighted by atomic mass is 9.76. The summed E-state index contributed by atoms with van der Waals surface area (Å²) in [5.41, 5.74) is -0.665. The average molecular weight is 296 g/mol. The van der Waals surface area contributed by atoms with Gasteiger partial charge in [0.15, 0.2) is 0 Å². The molecule has 21 heavy (non-hydrogen) atoms. The fraction of sp³-hybridized carbons (Fsp3) is 0.800. The lowest BCUT2D eigenvalue weighted by Crippen LogP contribution is -2.46. The maximum atomic E-state index is 12.2. The number of nitrogens with zero attached hydrogens (tertiary/aromatic N) is 2. The highest BCUT2D eigenvalue weighted by atomic mass is 16.4. The predicted molar refractivity (Wildman–Crippen MR) is 76.6 cm³/mol. The standard InChI is InChI=1S/C15H24N2O4/c1-2-15(14(20)21)6-10-17(11-7-15)13(19)5-9-16-8-3-4-12(16)18/h2-11H2,1H3,(H,20,21). The first-order valence-corrected chi connectivity index (χ1v) is 7.77. The number of carbonyl (C=O) groups is 3. The Hall–Kier alpha value is -1.59. The van der Waals surface area contributed by atoms with Crippen molar-refractivity contribution in [2.45, 2.75) is 45.4 Å². The first-order valence-electron chi connectivity index (χ1n) is 7.77. The Labute approximate surface area is 125 Å². The Bertz CT molecular complexity index is 427. The lowest BCUT2D eigenvalue weighted by molar-refractivity contribution is -0.154. The third-order valence-corrected chi connectivity index (χ3v) is 4.97. The van der Waals surface area contributed by atoms with Crippen molar-refractivity contribution in [3.05, 3.63) is 0 Å². The molecule has 1 N–H and O–H groups in total. The molecule has 2 aliphatic rings. The van der Waals surface area contributed by atoms with Crippen LogP contribution < -0.4 is 0 Å². The van der Waals surface area contributed by atoms with Crippen molar-refractivity contribution in [1.82, 2.24) is 9.80 Å². The highest BCUT2D eigenvalue weighted by Crippen LogP contribution is 2.35. The number of rotatable bonds is 5. The fourth-order valence-corrected chi connectivity index (χ4v) is 3.23. The number of hydrogen-bond donors (Lipinski definition) is 1. The van der Waals surface area contributed by atoms with E-state index in [1.54, 1.807) is 9.80 Å². The SMILES string of the molecule is CCC1(C(=O)O)CCN(C(=O)CCN2CCCC2=O)CC1. The Kier molecular flexibility index (Phi) is 4.85. The van der Waals surface area contributed by atoms with Crippen molar-refractivity contribution in [3.8, 4) is 0 Å². The first kappa shape index (κ1) is 15.8. The van der Waals surface area contributed by atoms with Gasteiger partial charge >= 0.3 is 5.97 Å². The summed E-state index contributed by atoms with van der Waals surface area (Å²) in [6, 6.07) is 0. The van der Waals surface area contributed by atoms with Crippen LogP contribution in [-0.2, 0) is 14.4 Å². The van der Waals surface area contributed by atoms with Gasteiger partial charge in [0.05, 0.1) is 5.41 Å². The van der Waals surface area contributed by atoms with Crippen molar-refractivity contribution in [2.24, 2.45) is 5.41 Å². The summed E-state index contributed by atoms with van der Waals surface area (Å²) in [5.74, 6) is -0.582. The zero-order chi connectivity index (χ0) is 15.5. The minimum Gasteiger partial charge on any atom is -0.481 e. The molecule has 2 rings (SSSR count). The molecule has 0 aromatic rings. The molecule has 2 fully saturated rings. The van der Waals surface area contributed by atoms with Gasteiger partial charge in [-0.3, -0.25) is 14.4 Å². The largest absolute Gasteiger partial charge is 0.481 e. The molecular formula is C15H24N2O4. The molecule has 6 heteroatoms. The van der Waals surface area contributed by atoms with E-state index >= 15 is 0 Å². The molecule has 0 aromatic heterocycles. The molecule has 118 valence electrons. The molecule has 6 nitrogen and oxygen atoms in total. The maximum Gasteiger partial charge on any atom is 0.309 e. The average Bonchev–Trinajstić information content (AvgIpc) is 2.90. The summed E-state index contributed by atoms with van der Waals surface area (Å²) in [5, 5.41) is 9.34. The summed E-state index contributed by atoms with van der Waals surface area (Å²) >= 11 is 0. The van der Waals surface area contributed by atoms with Gasteiger partial charge < -0.3 is 14.9 Å². The Balaban J connectivity index is 1.80. The molecule has 0 radical (unpaired) electrons. The summed E-state index contributed by atoms with van der Waals surface area (Å²) in [6.07, 6.45) is 3.47. The van der Waals surface area contributed by atoms with Crippen LogP contribution in [-0.4, -0.2) is 58.9 Å². The van der Waals surface area contributed by atoms with Gasteiger partial charge in [0, 0.05) is 39.0 Å². The van der Waals surface area contributed by atoms with Gasteiger partial charge in [-0.2, -0.15) is 0 Å². The Morgan fingerprint density at radius 2 is 1.90 bits per heavy atom. The normalized spacial score (nSPS) is 21.7. The number of likely N-dealkylation sites (tertiary alicyclic amines) is 2. The minimum absolute atomic E-state index is 0.0322. The zero-order valence-corrected chi connectivity index (χ0v) is 12.6. The molecule has 2 saturated heterocycles. The number of carbonyl (C=O) groups excluding carboxylic acids is 2. The molecule has 2 aliphatic heterocycles. The molecule has 0 unspecified atom stereocenters. The summed E-state index contributed by atoms with van der Waals surface area (Å²) in [7, 11) is 0. The number of hydrogen-bond acceptors (Lipinski definition) is 3. The third-order valence-electron chi connectivity index (χ3n) is 4.97. The van der Waals surface area contributed by atoms with E-state index in [9.17, 15) is 19.5 Å². The zero-order valence-electron chi connectivity index (χ0n) is 12.6. The van der Waals surface area contributed by atoms with Gasteiger partial charge in [0.2, 0.25) is 11.8 Å². The van der Waals surface area contributed by atoms with Gasteiger partial charge in [-0.05, 0) is 25.7 Å². The molecule has 0 aliphatic carbocycles. The second-order valence-corrected chi connectivity index (χ2v) is 6.05. The molecule has 0 spiro atoms. The van der Waals surface area contributed by atoms with Crippen LogP contribution in [0, 0.1) is 5.41 Å². The van der Waals surface area contributed by atoms with Crippen molar-refractivity contribution in [1.29, 1.82) is 0 Å². The van der Waals surface area contributed by atoms with Crippen molar-refractivity contribution >= 4 is 17.8 Å². The molecule has 0 bridgehead atoms. The van der Waals surface area contributed by atoms with Crippen LogP contribution in [0.25, 0.3) is 0 Å². The second-order valence-electron chi connectivity index (χ2n) is 6.05. The van der Waals surface area contributed by atoms with Crippen molar-refractivity contribution in [2.75, 3.05) is 26.2 Å². The van der Waals surface area contributed by atoms with E-state index in [-0.39, 0.29) is 11.8 Å². The molecule has 2 amide bonds. The van der Waals surface area contributed by atoms with Gasteiger partial charge in [-0.1, -0.05) is 6.92 Å². The first-order chi connectivity index (χ1) is 9.98. The molecule has 0 aromatic carbocycles. The fourth-order valence-electron chi connectivity index (χ4n) is 3.23. The van der Waals surface area contributed by atoms with Crippen LogP contribution in [0.2, 0.25) is 0 Å². The van der Waals surface area contributed by atoms with Crippen LogP contribution in [0.15, 0.2) is 0 Å². The van der Waals surface area contributed by atoms with Gasteiger partial charge in [0.25, 0.3) is 0 Å². The van der Waals surface area contributed by atoms with E-state index in [4.69, 9.17) is 0 Å². The quantitative estimate of drug-likeness (QED) is 0.824. The van der Waals surface area contributed by atoms with Crippen molar-refractivity contribution < 1.29 is 19.5 Å². The monoisotopic (exact) mass is 296 g/mol. The molecule has 0 atom stereocenters. The van der Waals surface area contributed by atoms with Crippen LogP contribution in [0.4, 0.5) is 0 Å². The molecule has 2 heterocycles. The topological polar surface area (TPSA) is 77.9 Å². The second kappa shape index (κ2) is 6.45. The van der Waals surface area contributed by atoms with E-state index in [1.165, 1.54) is 0 Å². The summed E-state index contributed by atoms with van der Waals surface area (Å²) in [4.78, 5) is 38.5. The smallest absolute Gasteiger partial charge is 0.309 e. The van der Waals surface area contributed by atoms with E-state index in [1.807, 2.05) is 6.92 Å². The predicted octanol–water partition coefficient (Wildman–Crippen LogP) is 1.10. The Morgan fingerprint density at radius 3 is 2.38 bits per heavy atom. The number of carboxylic acid groups (broad SMARTS) is 1. The minimum atomic E-state index is -0.750. The van der Waals surface area contributed by atoms with E-state index in [2.05, 4.69) is 0 Å². The maximum absolute atomic E-state index is 12.2. The van der Waals surface area contributed by atoms with Crippen LogP contribution in [0.1, 0.15) is 45.4 Å². The summed E-state index contributed by atoms with van der Waals surface area (Å²) in [6.45, 7) is 4.15. The number of piperidine rings is 1. The Morgan fingerprint density at radius 1 is 1.24 bits per heavy atom. The van der Waals surface area contributed by atoms with Gasteiger partial charge in [-0.25, -0.2) is 0 Å². The molecule has 0 saturated carbocycles. The van der Waals surface area contributed by atoms with Crippen LogP contribution in [0.3, 0.4) is 0 Å². The van der Waals surface area contributed by atoms with Gasteiger partial charge in [-0.15, -0.1) is 0 Å². The highest BCUT2D eigenvalue weighted by molar-refractivity contribution is 5.81. The number of aliphatic carboxylic acids is 1.